The Balaban J connectivity index is 1.61. The minimum Gasteiger partial charge on any atom is -0.491 e. The van der Waals surface area contributed by atoms with E-state index in [1.807, 2.05) is 36.7 Å². The summed E-state index contributed by atoms with van der Waals surface area (Å²) in [5.41, 5.74) is 2.36. The average molecular weight is 391 g/mol. The fraction of sp³-hybridized carbons (Fsp3) is 0.571. The summed E-state index contributed by atoms with van der Waals surface area (Å²) in [6.45, 7) is 6.52. The van der Waals surface area contributed by atoms with E-state index in [-0.39, 0.29) is 12.6 Å². The molecule has 0 radical (unpaired) electrons. The van der Waals surface area contributed by atoms with Crippen LogP contribution in [0.5, 0.6) is 5.75 Å². The fourth-order valence-corrected chi connectivity index (χ4v) is 3.67. The number of carbonyl (C=O) groups is 1. The van der Waals surface area contributed by atoms with E-state index in [0.29, 0.717) is 30.6 Å². The second-order valence-electron chi connectivity index (χ2n) is 7.28. The SMILES string of the molecule is CCOC(=O)c1c(C)n(C)c2ccc(OC[C@H](O)C[NH2+]C[C@H]3CCCO3)cc12. The highest BCUT2D eigenvalue weighted by Crippen LogP contribution is 2.29. The van der Waals surface area contributed by atoms with Crippen molar-refractivity contribution in [3.05, 3.63) is 29.5 Å². The molecule has 7 heteroatoms. The van der Waals surface area contributed by atoms with E-state index >= 15 is 0 Å². The topological polar surface area (TPSA) is 86.5 Å². The number of benzene rings is 1. The van der Waals surface area contributed by atoms with Gasteiger partial charge < -0.3 is 29.2 Å². The number of esters is 1. The van der Waals surface area contributed by atoms with E-state index < -0.39 is 6.10 Å². The van der Waals surface area contributed by atoms with Crippen molar-refractivity contribution in [2.45, 2.75) is 38.9 Å². The number of aliphatic hydroxyl groups is 1. The van der Waals surface area contributed by atoms with Crippen molar-refractivity contribution < 1.29 is 29.4 Å². The molecule has 0 saturated carbocycles. The van der Waals surface area contributed by atoms with Crippen molar-refractivity contribution in [3.8, 4) is 5.75 Å². The van der Waals surface area contributed by atoms with E-state index in [4.69, 9.17) is 14.2 Å². The van der Waals surface area contributed by atoms with Crippen LogP contribution >= 0.6 is 0 Å². The van der Waals surface area contributed by atoms with Gasteiger partial charge in [-0.1, -0.05) is 0 Å². The van der Waals surface area contributed by atoms with Crippen LogP contribution in [0.15, 0.2) is 18.2 Å². The number of hydrogen-bond acceptors (Lipinski definition) is 5. The molecular formula is C21H31N2O5+. The van der Waals surface area contributed by atoms with Crippen LogP contribution in [0.25, 0.3) is 10.9 Å². The number of nitrogens with two attached hydrogens (primary N) is 1. The third kappa shape index (κ3) is 4.66. The van der Waals surface area contributed by atoms with Gasteiger partial charge in [0.25, 0.3) is 0 Å². The van der Waals surface area contributed by atoms with Gasteiger partial charge in [-0.05, 0) is 44.9 Å². The van der Waals surface area contributed by atoms with Crippen LogP contribution in [0, 0.1) is 6.92 Å². The minimum absolute atomic E-state index is 0.202. The van der Waals surface area contributed by atoms with Crippen molar-refractivity contribution in [1.29, 1.82) is 0 Å². The molecule has 1 aromatic carbocycles. The minimum atomic E-state index is -0.570. The lowest BCUT2D eigenvalue weighted by atomic mass is 10.1. The average Bonchev–Trinajstić information content (AvgIpc) is 3.27. The van der Waals surface area contributed by atoms with E-state index in [1.54, 1.807) is 6.92 Å². The normalized spacial score (nSPS) is 17.8. The Morgan fingerprint density at radius 2 is 2.29 bits per heavy atom. The van der Waals surface area contributed by atoms with Gasteiger partial charge in [0.05, 0.1) is 12.2 Å². The summed E-state index contributed by atoms with van der Waals surface area (Å²) in [6.07, 6.45) is 1.96. The molecule has 3 rings (SSSR count). The molecule has 1 saturated heterocycles. The van der Waals surface area contributed by atoms with Crippen LogP contribution < -0.4 is 10.1 Å². The number of ether oxygens (including phenoxy) is 3. The molecule has 3 N–H and O–H groups in total. The lowest BCUT2D eigenvalue weighted by Crippen LogP contribution is -2.88. The van der Waals surface area contributed by atoms with Crippen LogP contribution in [-0.2, 0) is 16.5 Å². The van der Waals surface area contributed by atoms with Gasteiger partial charge in [-0.2, -0.15) is 0 Å². The summed E-state index contributed by atoms with van der Waals surface area (Å²) < 4.78 is 18.5. The molecule has 0 bridgehead atoms. The van der Waals surface area contributed by atoms with Crippen molar-refractivity contribution in [2.24, 2.45) is 7.05 Å². The lowest BCUT2D eigenvalue weighted by Gasteiger charge is -2.13. The molecule has 28 heavy (non-hydrogen) atoms. The van der Waals surface area contributed by atoms with Gasteiger partial charge >= 0.3 is 5.97 Å². The Kier molecular flexibility index (Phi) is 6.93. The van der Waals surface area contributed by atoms with Crippen LogP contribution in [0.3, 0.4) is 0 Å². The third-order valence-electron chi connectivity index (χ3n) is 5.28. The number of carbonyl (C=O) groups excluding carboxylic acids is 1. The number of quaternary nitrogens is 1. The zero-order valence-electron chi connectivity index (χ0n) is 16.9. The van der Waals surface area contributed by atoms with Crippen LogP contribution in [0.4, 0.5) is 0 Å². The molecule has 2 aromatic rings. The first-order valence-corrected chi connectivity index (χ1v) is 10.0. The predicted molar refractivity (Wildman–Crippen MR) is 106 cm³/mol. The largest absolute Gasteiger partial charge is 0.491 e. The summed E-state index contributed by atoms with van der Waals surface area (Å²) in [7, 11) is 1.93. The number of nitrogens with zero attached hydrogens (tertiary/aromatic N) is 1. The molecule has 2 atom stereocenters. The van der Waals surface area contributed by atoms with Gasteiger partial charge in [0, 0.05) is 30.3 Å². The quantitative estimate of drug-likeness (QED) is 0.626. The molecule has 0 aliphatic carbocycles. The third-order valence-corrected chi connectivity index (χ3v) is 5.28. The van der Waals surface area contributed by atoms with Gasteiger partial charge in [-0.15, -0.1) is 0 Å². The summed E-state index contributed by atoms with van der Waals surface area (Å²) >= 11 is 0. The van der Waals surface area contributed by atoms with Gasteiger partial charge in [-0.25, -0.2) is 4.79 Å². The van der Waals surface area contributed by atoms with Gasteiger partial charge in [-0.3, -0.25) is 0 Å². The molecule has 0 spiro atoms. The van der Waals surface area contributed by atoms with E-state index in [1.165, 1.54) is 0 Å². The van der Waals surface area contributed by atoms with Gasteiger partial charge in [0.1, 0.15) is 37.7 Å². The monoisotopic (exact) mass is 391 g/mol. The Bertz CT molecular complexity index is 811. The van der Waals surface area contributed by atoms with Crippen molar-refractivity contribution in [1.82, 2.24) is 4.57 Å². The number of aromatic nitrogens is 1. The molecule has 2 heterocycles. The smallest absolute Gasteiger partial charge is 0.340 e. The van der Waals surface area contributed by atoms with Crippen molar-refractivity contribution in [2.75, 3.05) is 32.9 Å². The first-order chi connectivity index (χ1) is 13.5. The Morgan fingerprint density at radius 1 is 1.46 bits per heavy atom. The standard InChI is InChI=1S/C21H30N2O5/c1-4-26-21(25)20-14(2)23(3)19-8-7-16(10-18(19)20)28-13-15(24)11-22-12-17-6-5-9-27-17/h7-8,10,15,17,22,24H,4-6,9,11-13H2,1-3H3/p+1/t15-,17-/m1/s1. The number of hydrogen-bond donors (Lipinski definition) is 2. The zero-order valence-corrected chi connectivity index (χ0v) is 16.9. The summed E-state index contributed by atoms with van der Waals surface area (Å²) in [4.78, 5) is 12.4. The second kappa shape index (κ2) is 9.41. The fourth-order valence-electron chi connectivity index (χ4n) is 3.67. The maximum absolute atomic E-state index is 12.4. The predicted octanol–water partition coefficient (Wildman–Crippen LogP) is 1.15. The van der Waals surface area contributed by atoms with Crippen LogP contribution in [-0.4, -0.2) is 60.8 Å². The van der Waals surface area contributed by atoms with E-state index in [9.17, 15) is 9.90 Å². The summed E-state index contributed by atoms with van der Waals surface area (Å²) in [5.74, 6) is 0.299. The number of fused-ring (bicyclic) bond motifs is 1. The van der Waals surface area contributed by atoms with Crippen molar-refractivity contribution >= 4 is 16.9 Å². The zero-order chi connectivity index (χ0) is 20.1. The molecule has 0 unspecified atom stereocenters. The Morgan fingerprint density at radius 3 is 3.00 bits per heavy atom. The molecule has 1 aliphatic heterocycles. The summed E-state index contributed by atoms with van der Waals surface area (Å²) in [5, 5.41) is 13.1. The van der Waals surface area contributed by atoms with E-state index in [0.717, 1.165) is 42.6 Å². The number of rotatable bonds is 9. The summed E-state index contributed by atoms with van der Waals surface area (Å²) in [6, 6.07) is 5.63. The number of aryl methyl sites for hydroxylation is 1. The first kappa shape index (κ1) is 20.6. The highest BCUT2D eigenvalue weighted by Gasteiger charge is 2.21. The van der Waals surface area contributed by atoms with Crippen LogP contribution in [0.1, 0.15) is 35.8 Å². The van der Waals surface area contributed by atoms with Crippen molar-refractivity contribution in [3.63, 3.8) is 0 Å². The number of aliphatic hydroxyl groups excluding tert-OH is 1. The molecular weight excluding hydrogens is 360 g/mol. The molecule has 0 amide bonds. The Hall–Kier alpha value is -2.09. The van der Waals surface area contributed by atoms with E-state index in [2.05, 4.69) is 5.32 Å². The molecule has 1 aliphatic rings. The lowest BCUT2D eigenvalue weighted by molar-refractivity contribution is -0.666. The van der Waals surface area contributed by atoms with Gasteiger partial charge in [0.2, 0.25) is 0 Å². The van der Waals surface area contributed by atoms with Crippen LogP contribution in [0.2, 0.25) is 0 Å². The molecule has 7 nitrogen and oxygen atoms in total. The molecule has 1 fully saturated rings. The molecule has 154 valence electrons. The molecule has 1 aromatic heterocycles. The second-order valence-corrected chi connectivity index (χ2v) is 7.28. The highest BCUT2D eigenvalue weighted by molar-refractivity contribution is 6.06. The maximum atomic E-state index is 12.4. The Labute approximate surface area is 165 Å². The highest BCUT2D eigenvalue weighted by atomic mass is 16.5. The first-order valence-electron chi connectivity index (χ1n) is 10.0. The van der Waals surface area contributed by atoms with Gasteiger partial charge in [0.15, 0.2) is 0 Å². The maximum Gasteiger partial charge on any atom is 0.340 e.